The second-order valence-electron chi connectivity index (χ2n) is 4.11. The Morgan fingerprint density at radius 1 is 1.05 bits per heavy atom. The first-order valence-electron chi connectivity index (χ1n) is 6.79. The molecule has 0 aliphatic rings. The number of hydrogen-bond acceptors (Lipinski definition) is 4. The summed E-state index contributed by atoms with van der Waals surface area (Å²) in [4.78, 5) is 0. The van der Waals surface area contributed by atoms with E-state index in [0.29, 0.717) is 49.1 Å². The smallest absolute Gasteiger partial charge is 0.203 e. The Labute approximate surface area is 120 Å². The number of ether oxygens (including phenoxy) is 3. The van der Waals surface area contributed by atoms with Gasteiger partial charge < -0.3 is 14.2 Å². The highest BCUT2D eigenvalue weighted by Gasteiger charge is 2.15. The van der Waals surface area contributed by atoms with E-state index in [4.69, 9.17) is 19.5 Å². The van der Waals surface area contributed by atoms with Crippen molar-refractivity contribution in [3.05, 3.63) is 29.8 Å². The molecule has 0 spiro atoms. The quantitative estimate of drug-likeness (QED) is 0.681. The van der Waals surface area contributed by atoms with Crippen LogP contribution < -0.4 is 14.2 Å². The first kappa shape index (κ1) is 15.9. The molecule has 0 unspecified atom stereocenters. The van der Waals surface area contributed by atoms with E-state index in [9.17, 15) is 0 Å². The van der Waals surface area contributed by atoms with E-state index in [1.165, 1.54) is 0 Å². The summed E-state index contributed by atoms with van der Waals surface area (Å²) in [7, 11) is 0. The molecule has 1 aromatic carbocycles. The number of allylic oxidation sites excluding steroid dienone is 1. The van der Waals surface area contributed by atoms with E-state index in [1.807, 2.05) is 39.0 Å². The Hall–Kier alpha value is -2.15. The molecule has 4 nitrogen and oxygen atoms in total. The fraction of sp³-hybridized carbons (Fsp3) is 0.438. The number of nitrogens with zero attached hydrogens (tertiary/aromatic N) is 1. The lowest BCUT2D eigenvalue weighted by molar-refractivity contribution is 0.260. The summed E-state index contributed by atoms with van der Waals surface area (Å²) in [5.74, 6) is 1.89. The molecule has 0 saturated heterocycles. The third-order valence-corrected chi connectivity index (χ3v) is 2.54. The van der Waals surface area contributed by atoms with Crippen LogP contribution in [0.1, 0.15) is 26.3 Å². The normalized spacial score (nSPS) is 9.70. The van der Waals surface area contributed by atoms with Crippen LogP contribution in [0.15, 0.2) is 24.3 Å². The van der Waals surface area contributed by atoms with Gasteiger partial charge >= 0.3 is 0 Å². The van der Waals surface area contributed by atoms with E-state index in [1.54, 1.807) is 0 Å². The minimum atomic E-state index is 0.475. The molecule has 108 valence electrons. The Morgan fingerprint density at radius 3 is 1.95 bits per heavy atom. The lowest BCUT2D eigenvalue weighted by Gasteiger charge is -2.17. The molecule has 0 heterocycles. The van der Waals surface area contributed by atoms with Gasteiger partial charge in [-0.25, -0.2) is 0 Å². The third kappa shape index (κ3) is 4.20. The highest BCUT2D eigenvalue weighted by atomic mass is 16.5. The Kier molecular flexibility index (Phi) is 6.45. The number of benzene rings is 1. The van der Waals surface area contributed by atoms with Gasteiger partial charge in [0.25, 0.3) is 0 Å². The molecule has 1 aromatic rings. The maximum Gasteiger partial charge on any atom is 0.203 e. The molecule has 1 rings (SSSR count). The summed E-state index contributed by atoms with van der Waals surface area (Å²) in [5.41, 5.74) is 1.42. The molecule has 0 aromatic heterocycles. The second-order valence-corrected chi connectivity index (χ2v) is 4.11. The van der Waals surface area contributed by atoms with Gasteiger partial charge in [-0.3, -0.25) is 0 Å². The summed E-state index contributed by atoms with van der Waals surface area (Å²) in [6, 6.07) is 5.80. The van der Waals surface area contributed by atoms with Crippen molar-refractivity contribution >= 4 is 0 Å². The van der Waals surface area contributed by atoms with E-state index in [0.717, 1.165) is 5.56 Å². The molecule has 0 N–H and O–H groups in total. The van der Waals surface area contributed by atoms with Crippen molar-refractivity contribution in [3.8, 4) is 23.3 Å². The maximum absolute atomic E-state index is 8.84. The Balaban J connectivity index is 3.22. The molecule has 0 atom stereocenters. The molecule has 0 amide bonds. The lowest BCUT2D eigenvalue weighted by Crippen LogP contribution is -2.03. The van der Waals surface area contributed by atoms with Crippen molar-refractivity contribution in [2.45, 2.75) is 27.2 Å². The maximum atomic E-state index is 8.84. The van der Waals surface area contributed by atoms with E-state index in [2.05, 4.69) is 6.58 Å². The van der Waals surface area contributed by atoms with Crippen LogP contribution in [0.3, 0.4) is 0 Å². The lowest BCUT2D eigenvalue weighted by atomic mass is 10.1. The van der Waals surface area contributed by atoms with E-state index in [-0.39, 0.29) is 0 Å². The van der Waals surface area contributed by atoms with Crippen LogP contribution in [0.2, 0.25) is 0 Å². The summed E-state index contributed by atoms with van der Waals surface area (Å²) in [6.45, 7) is 11.0. The molecular formula is C16H21NO3. The van der Waals surface area contributed by atoms with Crippen molar-refractivity contribution < 1.29 is 14.2 Å². The van der Waals surface area contributed by atoms with Gasteiger partial charge in [-0.15, -0.1) is 0 Å². The molecule has 0 fully saturated rings. The van der Waals surface area contributed by atoms with Crippen LogP contribution in [0.4, 0.5) is 0 Å². The number of hydrogen-bond donors (Lipinski definition) is 0. The molecule has 0 aliphatic heterocycles. The standard InChI is InChI=1S/C16H21NO3/c1-5-18-14-9-13(8-12(4)11-17)10-15(19-6-2)16(14)20-7-3/h9-10H,4-8H2,1-3H3. The molecular weight excluding hydrogens is 254 g/mol. The monoisotopic (exact) mass is 275 g/mol. The third-order valence-electron chi connectivity index (χ3n) is 2.54. The topological polar surface area (TPSA) is 51.5 Å². The molecule has 0 radical (unpaired) electrons. The van der Waals surface area contributed by atoms with Crippen LogP contribution >= 0.6 is 0 Å². The van der Waals surface area contributed by atoms with Gasteiger partial charge in [0.15, 0.2) is 11.5 Å². The van der Waals surface area contributed by atoms with Gasteiger partial charge in [0.2, 0.25) is 5.75 Å². The predicted octanol–water partition coefficient (Wildman–Crippen LogP) is 3.50. The number of nitriles is 1. The zero-order chi connectivity index (χ0) is 15.0. The molecule has 20 heavy (non-hydrogen) atoms. The predicted molar refractivity (Wildman–Crippen MR) is 78.4 cm³/mol. The van der Waals surface area contributed by atoms with Gasteiger partial charge in [-0.05, 0) is 38.5 Å². The van der Waals surface area contributed by atoms with Gasteiger partial charge in [-0.2, -0.15) is 5.26 Å². The highest BCUT2D eigenvalue weighted by molar-refractivity contribution is 5.54. The Bertz CT molecular complexity index is 476. The van der Waals surface area contributed by atoms with Crippen LogP contribution in [0.5, 0.6) is 17.2 Å². The largest absolute Gasteiger partial charge is 0.490 e. The molecule has 0 saturated carbocycles. The van der Waals surface area contributed by atoms with Gasteiger partial charge in [0, 0.05) is 12.0 Å². The first-order chi connectivity index (χ1) is 9.65. The van der Waals surface area contributed by atoms with Crippen LogP contribution in [0, 0.1) is 11.3 Å². The summed E-state index contributed by atoms with van der Waals surface area (Å²) < 4.78 is 16.9. The molecule has 0 aliphatic carbocycles. The average molecular weight is 275 g/mol. The van der Waals surface area contributed by atoms with Crippen LogP contribution in [-0.2, 0) is 6.42 Å². The van der Waals surface area contributed by atoms with Gasteiger partial charge in [0.05, 0.1) is 25.9 Å². The molecule has 4 heteroatoms. The van der Waals surface area contributed by atoms with Crippen molar-refractivity contribution in [2.24, 2.45) is 0 Å². The van der Waals surface area contributed by atoms with Crippen molar-refractivity contribution in [1.82, 2.24) is 0 Å². The summed E-state index contributed by atoms with van der Waals surface area (Å²) in [6.07, 6.45) is 0.475. The summed E-state index contributed by atoms with van der Waals surface area (Å²) in [5, 5.41) is 8.84. The van der Waals surface area contributed by atoms with Crippen molar-refractivity contribution in [3.63, 3.8) is 0 Å². The van der Waals surface area contributed by atoms with Crippen LogP contribution in [-0.4, -0.2) is 19.8 Å². The second kappa shape index (κ2) is 8.11. The van der Waals surface area contributed by atoms with Gasteiger partial charge in [0.1, 0.15) is 0 Å². The van der Waals surface area contributed by atoms with Crippen molar-refractivity contribution in [1.29, 1.82) is 5.26 Å². The summed E-state index contributed by atoms with van der Waals surface area (Å²) >= 11 is 0. The molecule has 0 bridgehead atoms. The fourth-order valence-corrected chi connectivity index (χ4v) is 1.83. The number of rotatable bonds is 8. The van der Waals surface area contributed by atoms with Crippen LogP contribution in [0.25, 0.3) is 0 Å². The highest BCUT2D eigenvalue weighted by Crippen LogP contribution is 2.39. The average Bonchev–Trinajstić information content (AvgIpc) is 2.43. The van der Waals surface area contributed by atoms with E-state index < -0.39 is 0 Å². The van der Waals surface area contributed by atoms with E-state index >= 15 is 0 Å². The SMILES string of the molecule is C=C(C#N)Cc1cc(OCC)c(OCC)c(OCC)c1. The first-order valence-corrected chi connectivity index (χ1v) is 6.79. The van der Waals surface area contributed by atoms with Crippen molar-refractivity contribution in [2.75, 3.05) is 19.8 Å². The minimum absolute atomic E-state index is 0.475. The van der Waals surface area contributed by atoms with Gasteiger partial charge in [-0.1, -0.05) is 6.58 Å². The fourth-order valence-electron chi connectivity index (χ4n) is 1.83. The minimum Gasteiger partial charge on any atom is -0.490 e. The zero-order valence-electron chi connectivity index (χ0n) is 12.4. The zero-order valence-corrected chi connectivity index (χ0v) is 12.4. The Morgan fingerprint density at radius 2 is 1.55 bits per heavy atom.